The van der Waals surface area contributed by atoms with Crippen molar-refractivity contribution in [2.45, 2.75) is 52.5 Å². The number of aryl methyl sites for hydroxylation is 1. The molecule has 1 aliphatic rings. The van der Waals surface area contributed by atoms with Crippen LogP contribution in [0.1, 0.15) is 55.5 Å². The molecule has 4 rings (SSSR count). The summed E-state index contributed by atoms with van der Waals surface area (Å²) >= 11 is 0. The van der Waals surface area contributed by atoms with Gasteiger partial charge in [0.25, 0.3) is 11.5 Å². The zero-order valence-corrected chi connectivity index (χ0v) is 18.1. The van der Waals surface area contributed by atoms with E-state index in [9.17, 15) is 9.59 Å². The van der Waals surface area contributed by atoms with Crippen molar-refractivity contribution >= 4 is 16.9 Å². The molecule has 0 atom stereocenters. The Labute approximate surface area is 176 Å². The monoisotopic (exact) mass is 407 g/mol. The predicted molar refractivity (Wildman–Crippen MR) is 117 cm³/mol. The molecule has 0 bridgehead atoms. The van der Waals surface area contributed by atoms with Gasteiger partial charge in [0, 0.05) is 36.7 Å². The summed E-state index contributed by atoms with van der Waals surface area (Å²) in [7, 11) is 0. The fourth-order valence-corrected chi connectivity index (χ4v) is 4.00. The van der Waals surface area contributed by atoms with Crippen LogP contribution in [0.25, 0.3) is 11.0 Å². The molecule has 0 unspecified atom stereocenters. The number of H-pyrrole nitrogens is 1. The number of hydrogen-bond acceptors (Lipinski definition) is 4. The summed E-state index contributed by atoms with van der Waals surface area (Å²) in [6, 6.07) is 9.04. The summed E-state index contributed by atoms with van der Waals surface area (Å²) in [6.45, 7) is 10.2. The van der Waals surface area contributed by atoms with Crippen molar-refractivity contribution in [2.75, 3.05) is 13.1 Å². The van der Waals surface area contributed by atoms with Crippen molar-refractivity contribution in [1.82, 2.24) is 24.6 Å². The van der Waals surface area contributed by atoms with Gasteiger partial charge in [0.15, 0.2) is 0 Å². The van der Waals surface area contributed by atoms with Gasteiger partial charge >= 0.3 is 0 Å². The lowest BCUT2D eigenvalue weighted by atomic mass is 9.92. The Morgan fingerprint density at radius 1 is 1.17 bits per heavy atom. The zero-order chi connectivity index (χ0) is 21.5. The molecule has 0 radical (unpaired) electrons. The van der Waals surface area contributed by atoms with Gasteiger partial charge in [0.05, 0.1) is 16.7 Å². The first kappa shape index (κ1) is 20.3. The van der Waals surface area contributed by atoms with E-state index in [-0.39, 0.29) is 16.9 Å². The van der Waals surface area contributed by atoms with Gasteiger partial charge in [-0.05, 0) is 49.9 Å². The number of nitrogens with one attached hydrogen (secondary N) is 1. The number of carbonyl (C=O) groups excluding carboxylic acids is 1. The van der Waals surface area contributed by atoms with E-state index in [1.54, 1.807) is 10.7 Å². The van der Waals surface area contributed by atoms with Gasteiger partial charge in [-0.2, -0.15) is 5.10 Å². The maximum atomic E-state index is 12.9. The molecule has 1 saturated heterocycles. The van der Waals surface area contributed by atoms with E-state index in [0.29, 0.717) is 31.1 Å². The van der Waals surface area contributed by atoms with Crippen LogP contribution in [-0.2, 0) is 12.0 Å². The van der Waals surface area contributed by atoms with Gasteiger partial charge in [-0.25, -0.2) is 9.67 Å². The number of amides is 1. The van der Waals surface area contributed by atoms with E-state index in [1.807, 2.05) is 36.1 Å². The molecule has 3 aromatic rings. The molecule has 158 valence electrons. The summed E-state index contributed by atoms with van der Waals surface area (Å²) in [4.78, 5) is 34.7. The first-order chi connectivity index (χ1) is 14.2. The Kier molecular flexibility index (Phi) is 5.22. The molecule has 0 spiro atoms. The molecular formula is C23H29N5O2. The largest absolute Gasteiger partial charge is 0.342 e. The van der Waals surface area contributed by atoms with Crippen LogP contribution in [0.5, 0.6) is 0 Å². The number of aromatic amines is 1. The minimum absolute atomic E-state index is 0.0487. The molecule has 7 nitrogen and oxygen atoms in total. The van der Waals surface area contributed by atoms with E-state index in [1.165, 1.54) is 0 Å². The SMILES string of the molecule is Cc1nc2ccc(C(=O)N3CCC(Cn4nc(C(C)(C)C)ccc4=O)CC3)cc2[nH]1. The van der Waals surface area contributed by atoms with E-state index in [2.05, 4.69) is 35.8 Å². The molecular weight excluding hydrogens is 378 g/mol. The third kappa shape index (κ3) is 4.15. The second kappa shape index (κ2) is 7.70. The smallest absolute Gasteiger partial charge is 0.266 e. The Morgan fingerprint density at radius 3 is 2.60 bits per heavy atom. The standard InChI is InChI=1S/C23H29N5O2/c1-15-24-18-6-5-17(13-19(18)25-15)22(30)27-11-9-16(10-12-27)14-28-21(29)8-7-20(26-28)23(2,3)4/h5-8,13,16H,9-12,14H2,1-4H3,(H,24,25). The summed E-state index contributed by atoms with van der Waals surface area (Å²) in [6.07, 6.45) is 1.73. The molecule has 7 heteroatoms. The van der Waals surface area contributed by atoms with Crippen LogP contribution < -0.4 is 5.56 Å². The highest BCUT2D eigenvalue weighted by Gasteiger charge is 2.25. The van der Waals surface area contributed by atoms with Crippen LogP contribution in [0.4, 0.5) is 0 Å². The van der Waals surface area contributed by atoms with Gasteiger partial charge in [-0.3, -0.25) is 9.59 Å². The fraction of sp³-hybridized carbons (Fsp3) is 0.478. The molecule has 1 aliphatic heterocycles. The Bertz CT molecular complexity index is 1130. The van der Waals surface area contributed by atoms with Crippen molar-refractivity contribution in [3.8, 4) is 0 Å². The Balaban J connectivity index is 1.41. The van der Waals surface area contributed by atoms with Crippen LogP contribution >= 0.6 is 0 Å². The van der Waals surface area contributed by atoms with Crippen LogP contribution in [0.15, 0.2) is 35.1 Å². The highest BCUT2D eigenvalue weighted by Crippen LogP contribution is 2.23. The number of imidazole rings is 1. The van der Waals surface area contributed by atoms with Crippen molar-refractivity contribution in [3.63, 3.8) is 0 Å². The summed E-state index contributed by atoms with van der Waals surface area (Å²) in [5, 5.41) is 4.58. The third-order valence-corrected chi connectivity index (χ3v) is 5.82. The quantitative estimate of drug-likeness (QED) is 0.722. The number of piperidine rings is 1. The lowest BCUT2D eigenvalue weighted by molar-refractivity contribution is 0.0680. The van der Waals surface area contributed by atoms with Crippen molar-refractivity contribution in [1.29, 1.82) is 0 Å². The fourth-order valence-electron chi connectivity index (χ4n) is 4.00. The average molecular weight is 408 g/mol. The Morgan fingerprint density at radius 2 is 1.90 bits per heavy atom. The molecule has 0 aliphatic carbocycles. The number of benzene rings is 1. The number of aromatic nitrogens is 4. The summed E-state index contributed by atoms with van der Waals surface area (Å²) in [5.74, 6) is 1.23. The normalized spacial score (nSPS) is 15.7. The highest BCUT2D eigenvalue weighted by molar-refractivity contribution is 5.97. The highest BCUT2D eigenvalue weighted by atomic mass is 16.2. The number of carbonyl (C=O) groups is 1. The molecule has 30 heavy (non-hydrogen) atoms. The second-order valence-electron chi connectivity index (χ2n) is 9.28. The number of fused-ring (bicyclic) bond motifs is 1. The predicted octanol–water partition coefficient (Wildman–Crippen LogP) is 3.28. The lowest BCUT2D eigenvalue weighted by Crippen LogP contribution is -2.40. The van der Waals surface area contributed by atoms with Crippen molar-refractivity contribution in [2.24, 2.45) is 5.92 Å². The molecule has 0 saturated carbocycles. The second-order valence-corrected chi connectivity index (χ2v) is 9.28. The lowest BCUT2D eigenvalue weighted by Gasteiger charge is -2.32. The van der Waals surface area contributed by atoms with E-state index < -0.39 is 0 Å². The number of nitrogens with zero attached hydrogens (tertiary/aromatic N) is 4. The number of hydrogen-bond donors (Lipinski definition) is 1. The first-order valence-electron chi connectivity index (χ1n) is 10.5. The number of likely N-dealkylation sites (tertiary alicyclic amines) is 1. The van der Waals surface area contributed by atoms with Crippen molar-refractivity contribution < 1.29 is 4.79 Å². The third-order valence-electron chi connectivity index (χ3n) is 5.82. The van der Waals surface area contributed by atoms with Gasteiger partial charge in [-0.1, -0.05) is 20.8 Å². The van der Waals surface area contributed by atoms with E-state index in [0.717, 1.165) is 35.4 Å². The molecule has 1 fully saturated rings. The number of rotatable bonds is 3. The van der Waals surface area contributed by atoms with Gasteiger partial charge in [-0.15, -0.1) is 0 Å². The molecule has 1 aromatic carbocycles. The van der Waals surface area contributed by atoms with Crippen LogP contribution in [0, 0.1) is 12.8 Å². The maximum Gasteiger partial charge on any atom is 0.266 e. The van der Waals surface area contributed by atoms with Crippen molar-refractivity contribution in [3.05, 3.63) is 57.8 Å². The Hall–Kier alpha value is -2.96. The summed E-state index contributed by atoms with van der Waals surface area (Å²) < 4.78 is 1.59. The first-order valence-corrected chi connectivity index (χ1v) is 10.5. The van der Waals surface area contributed by atoms with E-state index >= 15 is 0 Å². The van der Waals surface area contributed by atoms with Gasteiger partial charge in [0.1, 0.15) is 5.82 Å². The summed E-state index contributed by atoms with van der Waals surface area (Å²) in [5.41, 5.74) is 3.19. The molecule has 3 heterocycles. The zero-order valence-electron chi connectivity index (χ0n) is 18.1. The maximum absolute atomic E-state index is 12.9. The van der Waals surface area contributed by atoms with Crippen LogP contribution in [0.3, 0.4) is 0 Å². The molecule has 1 amide bonds. The minimum atomic E-state index is -0.0977. The van der Waals surface area contributed by atoms with Crippen LogP contribution in [0.2, 0.25) is 0 Å². The molecule has 2 aromatic heterocycles. The minimum Gasteiger partial charge on any atom is -0.342 e. The van der Waals surface area contributed by atoms with E-state index in [4.69, 9.17) is 0 Å². The van der Waals surface area contributed by atoms with Gasteiger partial charge < -0.3 is 9.88 Å². The average Bonchev–Trinajstić information content (AvgIpc) is 3.08. The van der Waals surface area contributed by atoms with Crippen LogP contribution in [-0.4, -0.2) is 43.6 Å². The molecule has 1 N–H and O–H groups in total. The topological polar surface area (TPSA) is 83.9 Å². The van der Waals surface area contributed by atoms with Gasteiger partial charge in [0.2, 0.25) is 0 Å².